The van der Waals surface area contributed by atoms with E-state index in [1.54, 1.807) is 25.3 Å². The van der Waals surface area contributed by atoms with E-state index in [-0.39, 0.29) is 22.9 Å². The zero-order valence-corrected chi connectivity index (χ0v) is 12.6. The van der Waals surface area contributed by atoms with Crippen molar-refractivity contribution < 1.29 is 9.53 Å². The molecule has 1 heterocycles. The van der Waals surface area contributed by atoms with Gasteiger partial charge in [0.25, 0.3) is 5.91 Å². The Hall–Kier alpha value is -2.30. The maximum absolute atomic E-state index is 12.5. The van der Waals surface area contributed by atoms with Crippen molar-refractivity contribution in [2.24, 2.45) is 0 Å². The molecule has 1 fully saturated rings. The number of ether oxygens (including phenoxy) is 1. The molecule has 1 aromatic heterocycles. The molecule has 1 aromatic carbocycles. The van der Waals surface area contributed by atoms with Gasteiger partial charge in [-0.2, -0.15) is 0 Å². The highest BCUT2D eigenvalue weighted by Gasteiger charge is 2.19. The van der Waals surface area contributed by atoms with Crippen molar-refractivity contribution in [2.45, 2.75) is 38.1 Å². The average molecular weight is 300 g/mol. The first-order valence-electron chi connectivity index (χ1n) is 7.69. The summed E-state index contributed by atoms with van der Waals surface area (Å²) in [5, 5.41) is 3.48. The molecule has 1 aliphatic carbocycles. The number of hydrogen-bond acceptors (Lipinski definition) is 3. The molecule has 1 amide bonds. The van der Waals surface area contributed by atoms with Crippen LogP contribution in [0.15, 0.2) is 29.2 Å². The zero-order chi connectivity index (χ0) is 15.5. The van der Waals surface area contributed by atoms with Gasteiger partial charge in [0.1, 0.15) is 11.3 Å². The molecule has 0 aliphatic heterocycles. The smallest absolute Gasteiger partial charge is 0.256 e. The summed E-state index contributed by atoms with van der Waals surface area (Å²) in [6, 6.07) is 5.34. The van der Waals surface area contributed by atoms with Crippen LogP contribution in [0.1, 0.15) is 42.5 Å². The Bertz CT molecular complexity index is 745. The number of nitrogens with one attached hydrogen (secondary N) is 2. The van der Waals surface area contributed by atoms with Crippen molar-refractivity contribution in [3.63, 3.8) is 0 Å². The summed E-state index contributed by atoms with van der Waals surface area (Å²) in [4.78, 5) is 27.8. The third-order valence-electron chi connectivity index (χ3n) is 4.27. The number of rotatable bonds is 3. The minimum absolute atomic E-state index is 0.170. The molecule has 5 heteroatoms. The van der Waals surface area contributed by atoms with Gasteiger partial charge in [-0.05, 0) is 25.0 Å². The van der Waals surface area contributed by atoms with Crippen LogP contribution in [0.2, 0.25) is 0 Å². The molecule has 22 heavy (non-hydrogen) atoms. The molecule has 0 atom stereocenters. The van der Waals surface area contributed by atoms with E-state index in [1.165, 1.54) is 12.6 Å². The van der Waals surface area contributed by atoms with Gasteiger partial charge in [0.05, 0.1) is 12.6 Å². The summed E-state index contributed by atoms with van der Waals surface area (Å²) in [6.45, 7) is 0. The number of carbonyl (C=O) groups excluding carboxylic acids is 1. The second kappa shape index (κ2) is 6.22. The first kappa shape index (κ1) is 14.6. The molecular weight excluding hydrogens is 280 g/mol. The number of fused-ring (bicyclic) bond motifs is 1. The zero-order valence-electron chi connectivity index (χ0n) is 12.6. The van der Waals surface area contributed by atoms with E-state index in [0.29, 0.717) is 16.7 Å². The predicted octanol–water partition coefficient (Wildman–Crippen LogP) is 2.60. The number of aromatic amines is 1. The summed E-state index contributed by atoms with van der Waals surface area (Å²) in [7, 11) is 1.57. The highest BCUT2D eigenvalue weighted by atomic mass is 16.5. The molecule has 0 spiro atoms. The Morgan fingerprint density at radius 3 is 2.77 bits per heavy atom. The van der Waals surface area contributed by atoms with Gasteiger partial charge >= 0.3 is 0 Å². The molecule has 0 bridgehead atoms. The minimum Gasteiger partial charge on any atom is -0.497 e. The molecule has 3 rings (SSSR count). The lowest BCUT2D eigenvalue weighted by Gasteiger charge is -2.22. The van der Waals surface area contributed by atoms with E-state index in [9.17, 15) is 9.59 Å². The van der Waals surface area contributed by atoms with Crippen molar-refractivity contribution in [1.82, 2.24) is 10.3 Å². The fraction of sp³-hybridized carbons (Fsp3) is 0.412. The molecule has 1 aliphatic rings. The number of H-pyrrole nitrogens is 1. The molecule has 1 saturated carbocycles. The molecule has 0 saturated heterocycles. The molecule has 5 nitrogen and oxygen atoms in total. The Labute approximate surface area is 128 Å². The van der Waals surface area contributed by atoms with Crippen molar-refractivity contribution in [3.05, 3.63) is 40.2 Å². The van der Waals surface area contributed by atoms with Gasteiger partial charge < -0.3 is 15.0 Å². The second-order valence-electron chi connectivity index (χ2n) is 5.75. The molecule has 2 aromatic rings. The van der Waals surface area contributed by atoms with Gasteiger partial charge in [0.15, 0.2) is 0 Å². The molecule has 116 valence electrons. The van der Waals surface area contributed by atoms with Crippen LogP contribution in [0, 0.1) is 0 Å². The fourth-order valence-corrected chi connectivity index (χ4v) is 3.01. The SMILES string of the molecule is COc1ccc2c(=O)c(C(=O)NC3CCCCC3)c[nH]c2c1. The standard InChI is InChI=1S/C17H20N2O3/c1-22-12-7-8-13-15(9-12)18-10-14(16(13)20)17(21)19-11-5-3-2-4-6-11/h7-11H,2-6H2,1H3,(H,18,20)(H,19,21). The molecule has 2 N–H and O–H groups in total. The van der Waals surface area contributed by atoms with Crippen LogP contribution < -0.4 is 15.5 Å². The van der Waals surface area contributed by atoms with Crippen LogP contribution in [0.3, 0.4) is 0 Å². The first-order valence-corrected chi connectivity index (χ1v) is 7.69. The van der Waals surface area contributed by atoms with Crippen LogP contribution in [-0.4, -0.2) is 24.0 Å². The molecule has 0 unspecified atom stereocenters. The molecule has 0 radical (unpaired) electrons. The topological polar surface area (TPSA) is 71.2 Å². The largest absolute Gasteiger partial charge is 0.497 e. The van der Waals surface area contributed by atoms with Gasteiger partial charge in [-0.25, -0.2) is 0 Å². The Balaban J connectivity index is 1.88. The van der Waals surface area contributed by atoms with E-state index in [0.717, 1.165) is 25.7 Å². The number of amides is 1. The highest BCUT2D eigenvalue weighted by molar-refractivity contribution is 5.97. The van der Waals surface area contributed by atoms with Crippen molar-refractivity contribution in [1.29, 1.82) is 0 Å². The van der Waals surface area contributed by atoms with Gasteiger partial charge in [-0.3, -0.25) is 9.59 Å². The lowest BCUT2D eigenvalue weighted by Crippen LogP contribution is -2.38. The maximum atomic E-state index is 12.5. The first-order chi connectivity index (χ1) is 10.7. The molecular formula is C17H20N2O3. The number of aromatic nitrogens is 1. The number of pyridine rings is 1. The van der Waals surface area contributed by atoms with Crippen LogP contribution in [-0.2, 0) is 0 Å². The van der Waals surface area contributed by atoms with E-state index in [1.807, 2.05) is 0 Å². The van der Waals surface area contributed by atoms with Gasteiger partial charge in [0.2, 0.25) is 5.43 Å². The van der Waals surface area contributed by atoms with Gasteiger partial charge in [-0.1, -0.05) is 19.3 Å². The number of hydrogen-bond donors (Lipinski definition) is 2. The Morgan fingerprint density at radius 2 is 2.05 bits per heavy atom. The monoisotopic (exact) mass is 300 g/mol. The number of carbonyl (C=O) groups is 1. The quantitative estimate of drug-likeness (QED) is 0.915. The third-order valence-corrected chi connectivity index (χ3v) is 4.27. The highest BCUT2D eigenvalue weighted by Crippen LogP contribution is 2.19. The Morgan fingerprint density at radius 1 is 1.27 bits per heavy atom. The lowest BCUT2D eigenvalue weighted by atomic mass is 9.95. The van der Waals surface area contributed by atoms with E-state index in [4.69, 9.17) is 4.74 Å². The third kappa shape index (κ3) is 2.84. The fourth-order valence-electron chi connectivity index (χ4n) is 3.01. The number of methoxy groups -OCH3 is 1. The summed E-state index contributed by atoms with van der Waals surface area (Å²) in [6.07, 6.45) is 6.98. The minimum atomic E-state index is -0.286. The average Bonchev–Trinajstić information content (AvgIpc) is 2.55. The summed E-state index contributed by atoms with van der Waals surface area (Å²) in [5.41, 5.74) is 0.589. The predicted molar refractivity (Wildman–Crippen MR) is 85.5 cm³/mol. The second-order valence-corrected chi connectivity index (χ2v) is 5.75. The van der Waals surface area contributed by atoms with Crippen molar-refractivity contribution >= 4 is 16.8 Å². The summed E-state index contributed by atoms with van der Waals surface area (Å²) < 4.78 is 5.14. The van der Waals surface area contributed by atoms with Gasteiger partial charge in [-0.15, -0.1) is 0 Å². The van der Waals surface area contributed by atoms with E-state index >= 15 is 0 Å². The Kier molecular flexibility index (Phi) is 4.13. The van der Waals surface area contributed by atoms with Crippen molar-refractivity contribution in [2.75, 3.05) is 7.11 Å². The van der Waals surface area contributed by atoms with Gasteiger partial charge in [0, 0.05) is 23.7 Å². The maximum Gasteiger partial charge on any atom is 0.256 e. The van der Waals surface area contributed by atoms with E-state index < -0.39 is 0 Å². The number of benzene rings is 1. The van der Waals surface area contributed by atoms with Crippen LogP contribution >= 0.6 is 0 Å². The lowest BCUT2D eigenvalue weighted by molar-refractivity contribution is 0.0926. The van der Waals surface area contributed by atoms with Crippen LogP contribution in [0.5, 0.6) is 5.75 Å². The normalized spacial score (nSPS) is 15.7. The van der Waals surface area contributed by atoms with Crippen molar-refractivity contribution in [3.8, 4) is 5.75 Å². The summed E-state index contributed by atoms with van der Waals surface area (Å²) in [5.74, 6) is 0.383. The van der Waals surface area contributed by atoms with Crippen LogP contribution in [0.25, 0.3) is 10.9 Å². The summed E-state index contributed by atoms with van der Waals surface area (Å²) >= 11 is 0. The van der Waals surface area contributed by atoms with Crippen LogP contribution in [0.4, 0.5) is 0 Å². The van der Waals surface area contributed by atoms with E-state index in [2.05, 4.69) is 10.3 Å².